The van der Waals surface area contributed by atoms with E-state index in [2.05, 4.69) is 34.6 Å². The monoisotopic (exact) mass is 793 g/mol. The molecular formula is C50H96O6. The predicted octanol–water partition coefficient (Wildman–Crippen LogP) is 15.8. The predicted molar refractivity (Wildman–Crippen MR) is 238 cm³/mol. The molecule has 56 heavy (non-hydrogen) atoms. The van der Waals surface area contributed by atoms with Gasteiger partial charge < -0.3 is 14.2 Å². The number of esters is 3. The highest BCUT2D eigenvalue weighted by molar-refractivity contribution is 5.71. The maximum Gasteiger partial charge on any atom is 0.306 e. The van der Waals surface area contributed by atoms with Crippen LogP contribution in [0.3, 0.4) is 0 Å². The van der Waals surface area contributed by atoms with Crippen molar-refractivity contribution in [3.05, 3.63) is 0 Å². The second-order valence-corrected chi connectivity index (χ2v) is 18.1. The molecule has 0 aliphatic heterocycles. The van der Waals surface area contributed by atoms with Crippen LogP contribution >= 0.6 is 0 Å². The lowest BCUT2D eigenvalue weighted by molar-refractivity contribution is -0.167. The zero-order valence-corrected chi connectivity index (χ0v) is 38.3. The van der Waals surface area contributed by atoms with Gasteiger partial charge in [0.05, 0.1) is 0 Å². The molecule has 6 heteroatoms. The molecule has 0 bridgehead atoms. The van der Waals surface area contributed by atoms with Crippen LogP contribution in [-0.2, 0) is 28.6 Å². The van der Waals surface area contributed by atoms with Gasteiger partial charge in [0, 0.05) is 19.3 Å². The zero-order valence-electron chi connectivity index (χ0n) is 38.3. The Kier molecular flexibility index (Phi) is 41.8. The van der Waals surface area contributed by atoms with Crippen molar-refractivity contribution in [3.8, 4) is 0 Å². The van der Waals surface area contributed by atoms with E-state index in [0.717, 1.165) is 69.6 Å². The molecule has 0 heterocycles. The van der Waals surface area contributed by atoms with E-state index >= 15 is 0 Å². The Bertz CT molecular complexity index is 854. The van der Waals surface area contributed by atoms with E-state index in [1.807, 2.05) is 0 Å². The van der Waals surface area contributed by atoms with E-state index < -0.39 is 6.10 Å². The smallest absolute Gasteiger partial charge is 0.306 e. The molecule has 0 spiro atoms. The molecule has 6 nitrogen and oxygen atoms in total. The van der Waals surface area contributed by atoms with Gasteiger partial charge in [0.15, 0.2) is 6.10 Å². The average Bonchev–Trinajstić information content (AvgIpc) is 3.16. The number of rotatable bonds is 44. The van der Waals surface area contributed by atoms with Crippen molar-refractivity contribution >= 4 is 17.9 Å². The third-order valence-corrected chi connectivity index (χ3v) is 11.2. The van der Waals surface area contributed by atoms with Crippen molar-refractivity contribution in [1.82, 2.24) is 0 Å². The summed E-state index contributed by atoms with van der Waals surface area (Å²) in [5.41, 5.74) is 0. The molecule has 0 unspecified atom stereocenters. The number of unbranched alkanes of at least 4 members (excludes halogenated alkanes) is 29. The van der Waals surface area contributed by atoms with Crippen molar-refractivity contribution in [2.75, 3.05) is 13.2 Å². The van der Waals surface area contributed by atoms with Crippen LogP contribution in [0.25, 0.3) is 0 Å². The lowest BCUT2D eigenvalue weighted by Crippen LogP contribution is -2.30. The molecule has 0 rings (SSSR count). The van der Waals surface area contributed by atoms with E-state index in [4.69, 9.17) is 14.2 Å². The van der Waals surface area contributed by atoms with E-state index in [0.29, 0.717) is 19.3 Å². The Morgan fingerprint density at radius 1 is 0.339 bits per heavy atom. The molecule has 0 aliphatic rings. The summed E-state index contributed by atoms with van der Waals surface area (Å²) in [5.74, 6) is 0.777. The van der Waals surface area contributed by atoms with Crippen molar-refractivity contribution < 1.29 is 28.6 Å². The molecule has 0 aromatic carbocycles. The summed E-state index contributed by atoms with van der Waals surface area (Å²) >= 11 is 0. The van der Waals surface area contributed by atoms with Crippen LogP contribution in [0.15, 0.2) is 0 Å². The highest BCUT2D eigenvalue weighted by Gasteiger charge is 2.19. The highest BCUT2D eigenvalue weighted by atomic mass is 16.6. The number of carbonyl (C=O) groups excluding carboxylic acids is 3. The van der Waals surface area contributed by atoms with Crippen LogP contribution < -0.4 is 0 Å². The Morgan fingerprint density at radius 3 is 0.875 bits per heavy atom. The topological polar surface area (TPSA) is 78.9 Å². The maximum atomic E-state index is 12.7. The first-order valence-electron chi connectivity index (χ1n) is 24.7. The van der Waals surface area contributed by atoms with Crippen LogP contribution in [-0.4, -0.2) is 37.2 Å². The third-order valence-electron chi connectivity index (χ3n) is 11.2. The first kappa shape index (κ1) is 54.4. The number of hydrogen-bond donors (Lipinski definition) is 0. The molecule has 0 amide bonds. The molecule has 0 radical (unpaired) electrons. The fourth-order valence-electron chi connectivity index (χ4n) is 7.46. The molecule has 0 N–H and O–H groups in total. The van der Waals surface area contributed by atoms with Crippen LogP contribution in [0.1, 0.15) is 272 Å². The van der Waals surface area contributed by atoms with Gasteiger partial charge in [-0.2, -0.15) is 0 Å². The number of hydrogen-bond acceptors (Lipinski definition) is 6. The summed E-state index contributed by atoms with van der Waals surface area (Å²) in [6, 6.07) is 0. The van der Waals surface area contributed by atoms with Crippen molar-refractivity contribution in [1.29, 1.82) is 0 Å². The average molecular weight is 793 g/mol. The molecule has 0 aliphatic carbocycles. The van der Waals surface area contributed by atoms with Crippen LogP contribution in [0.5, 0.6) is 0 Å². The Labute approximate surface area is 348 Å². The molecular weight excluding hydrogens is 697 g/mol. The second kappa shape index (κ2) is 43.0. The summed E-state index contributed by atoms with van der Waals surface area (Å²) in [7, 11) is 0. The summed E-state index contributed by atoms with van der Waals surface area (Å²) in [6.07, 6.45) is 42.5. The molecule has 1 atom stereocenters. The third kappa shape index (κ3) is 43.5. The van der Waals surface area contributed by atoms with E-state index in [1.165, 1.54) is 161 Å². The Balaban J connectivity index is 4.19. The van der Waals surface area contributed by atoms with Gasteiger partial charge in [0.1, 0.15) is 13.2 Å². The molecule has 332 valence electrons. The minimum Gasteiger partial charge on any atom is -0.462 e. The molecule has 0 saturated heterocycles. The SMILES string of the molecule is CCCCCCCCCCCC(=O)O[C@H](COC(=O)CCCCCCCCCCCCCCCCCCC(C)C)COC(=O)CCCCCCCCCC(C)C. The standard InChI is InChI=1S/C50H96O6/c1-6-7-8-9-10-19-26-32-37-42-50(53)56-47(44-55-49(52)41-36-31-27-22-24-29-34-39-46(4)5)43-54-48(51)40-35-30-25-21-18-16-14-12-11-13-15-17-20-23-28-33-38-45(2)3/h45-47H,6-44H2,1-5H3/t47-/m1/s1. The largest absolute Gasteiger partial charge is 0.462 e. The molecule has 0 fully saturated rings. The van der Waals surface area contributed by atoms with Gasteiger partial charge in [-0.1, -0.05) is 234 Å². The summed E-state index contributed by atoms with van der Waals surface area (Å²) in [4.78, 5) is 37.7. The molecule has 0 aromatic rings. The van der Waals surface area contributed by atoms with Gasteiger partial charge in [0.2, 0.25) is 0 Å². The second-order valence-electron chi connectivity index (χ2n) is 18.1. The van der Waals surface area contributed by atoms with Gasteiger partial charge in [0.25, 0.3) is 0 Å². The van der Waals surface area contributed by atoms with Crippen molar-refractivity contribution in [2.24, 2.45) is 11.8 Å². The van der Waals surface area contributed by atoms with Gasteiger partial charge in [-0.15, -0.1) is 0 Å². The number of ether oxygens (including phenoxy) is 3. The lowest BCUT2D eigenvalue weighted by Gasteiger charge is -2.18. The van der Waals surface area contributed by atoms with Gasteiger partial charge in [-0.25, -0.2) is 0 Å². The van der Waals surface area contributed by atoms with Crippen molar-refractivity contribution in [2.45, 2.75) is 278 Å². The van der Waals surface area contributed by atoms with E-state index in [-0.39, 0.29) is 31.1 Å². The molecule has 0 saturated carbocycles. The van der Waals surface area contributed by atoms with Crippen LogP contribution in [0.2, 0.25) is 0 Å². The number of carbonyl (C=O) groups is 3. The van der Waals surface area contributed by atoms with Gasteiger partial charge in [-0.05, 0) is 31.1 Å². The van der Waals surface area contributed by atoms with Crippen LogP contribution in [0, 0.1) is 11.8 Å². The first-order chi connectivity index (χ1) is 27.2. The quantitative estimate of drug-likeness (QED) is 0.0347. The normalized spacial score (nSPS) is 12.1. The fraction of sp³-hybridized carbons (Fsp3) is 0.940. The summed E-state index contributed by atoms with van der Waals surface area (Å²) in [6.45, 7) is 11.3. The minimum absolute atomic E-state index is 0.0646. The van der Waals surface area contributed by atoms with Gasteiger partial charge >= 0.3 is 17.9 Å². The minimum atomic E-state index is -0.760. The van der Waals surface area contributed by atoms with E-state index in [1.54, 1.807) is 0 Å². The highest BCUT2D eigenvalue weighted by Crippen LogP contribution is 2.17. The summed E-state index contributed by atoms with van der Waals surface area (Å²) in [5, 5.41) is 0. The fourth-order valence-corrected chi connectivity index (χ4v) is 7.46. The Hall–Kier alpha value is -1.59. The molecule has 0 aromatic heterocycles. The Morgan fingerprint density at radius 2 is 0.589 bits per heavy atom. The van der Waals surface area contributed by atoms with Crippen molar-refractivity contribution in [3.63, 3.8) is 0 Å². The zero-order chi connectivity index (χ0) is 41.2. The lowest BCUT2D eigenvalue weighted by atomic mass is 10.0. The van der Waals surface area contributed by atoms with Gasteiger partial charge in [-0.3, -0.25) is 14.4 Å². The van der Waals surface area contributed by atoms with E-state index in [9.17, 15) is 14.4 Å². The maximum absolute atomic E-state index is 12.7. The first-order valence-corrected chi connectivity index (χ1v) is 24.7. The van der Waals surface area contributed by atoms with Crippen LogP contribution in [0.4, 0.5) is 0 Å². The summed E-state index contributed by atoms with van der Waals surface area (Å²) < 4.78 is 16.7.